The van der Waals surface area contributed by atoms with Gasteiger partial charge in [0.15, 0.2) is 5.82 Å². The molecular formula is C26H32N6O4S. The Hall–Kier alpha value is -3.44. The van der Waals surface area contributed by atoms with Gasteiger partial charge in [-0.2, -0.15) is 12.7 Å². The second kappa shape index (κ2) is 9.79. The number of nitrogens with zero attached hydrogens (tertiary/aromatic N) is 5. The number of likely N-dealkylation sites (tertiary alicyclic amines) is 1. The third-order valence-electron chi connectivity index (χ3n) is 7.04. The zero-order valence-electron chi connectivity index (χ0n) is 21.3. The third kappa shape index (κ3) is 5.33. The lowest BCUT2D eigenvalue weighted by molar-refractivity contribution is -0.131. The molecule has 1 saturated heterocycles. The number of amides is 1. The second-order valence-corrected chi connectivity index (χ2v) is 12.0. The first-order valence-corrected chi connectivity index (χ1v) is 13.9. The molecule has 196 valence electrons. The number of nitrogens with one attached hydrogen (secondary N) is 1. The summed E-state index contributed by atoms with van der Waals surface area (Å²) >= 11 is 0. The molecule has 5 rings (SSSR count). The fourth-order valence-corrected chi connectivity index (χ4v) is 5.33. The van der Waals surface area contributed by atoms with E-state index in [1.54, 1.807) is 29.8 Å². The highest BCUT2D eigenvalue weighted by molar-refractivity contribution is 7.90. The molecule has 0 radical (unpaired) electrons. The number of carbonyl (C=O) groups excluding carboxylic acids is 1. The smallest absolute Gasteiger partial charge is 0.342 e. The number of anilines is 1. The van der Waals surface area contributed by atoms with E-state index in [1.807, 2.05) is 35.2 Å². The number of aryl methyl sites for hydroxylation is 1. The van der Waals surface area contributed by atoms with Crippen LogP contribution in [0.3, 0.4) is 0 Å². The van der Waals surface area contributed by atoms with Gasteiger partial charge in [-0.15, -0.1) is 5.10 Å². The predicted octanol–water partition coefficient (Wildman–Crippen LogP) is 2.39. The third-order valence-corrected chi connectivity index (χ3v) is 8.49. The van der Waals surface area contributed by atoms with Crippen molar-refractivity contribution in [3.63, 3.8) is 0 Å². The lowest BCUT2D eigenvalue weighted by Gasteiger charge is -2.16. The van der Waals surface area contributed by atoms with Crippen LogP contribution in [0.5, 0.6) is 0 Å². The van der Waals surface area contributed by atoms with E-state index in [9.17, 15) is 18.0 Å². The van der Waals surface area contributed by atoms with Crippen LogP contribution in [0.1, 0.15) is 19.3 Å². The molecule has 2 heterocycles. The van der Waals surface area contributed by atoms with Gasteiger partial charge in [0.1, 0.15) is 0 Å². The zero-order valence-corrected chi connectivity index (χ0v) is 22.1. The first kappa shape index (κ1) is 25.2. The maximum atomic E-state index is 12.9. The first-order chi connectivity index (χ1) is 17.6. The van der Waals surface area contributed by atoms with Crippen molar-refractivity contribution in [2.45, 2.75) is 25.8 Å². The summed E-state index contributed by atoms with van der Waals surface area (Å²) in [5.74, 6) is 1.29. The number of hydrogen-bond acceptors (Lipinski definition) is 5. The number of aromatic nitrogens is 3. The molecule has 1 N–H and O–H groups in total. The molecule has 1 saturated carbocycles. The van der Waals surface area contributed by atoms with E-state index in [0.717, 1.165) is 46.8 Å². The van der Waals surface area contributed by atoms with Crippen LogP contribution in [-0.4, -0.2) is 65.1 Å². The average Bonchev–Trinajstić information content (AvgIpc) is 3.56. The SMILES string of the molecule is CN(C)S(=O)(=O)Nc1cccc(-c2ccc(-c3nn(C)c(=O)n3C[C@@H]3CCN(C(=O)C4CC4)C3)cc2)c1. The van der Waals surface area contributed by atoms with Crippen LogP contribution in [0.2, 0.25) is 0 Å². The van der Waals surface area contributed by atoms with Crippen LogP contribution in [-0.2, 0) is 28.6 Å². The van der Waals surface area contributed by atoms with Gasteiger partial charge in [0, 0.05) is 52.3 Å². The van der Waals surface area contributed by atoms with Crippen molar-refractivity contribution in [1.82, 2.24) is 23.6 Å². The fourth-order valence-electron chi connectivity index (χ4n) is 4.73. The lowest BCUT2D eigenvalue weighted by atomic mass is 10.0. The molecule has 2 aliphatic rings. The predicted molar refractivity (Wildman–Crippen MR) is 142 cm³/mol. The van der Waals surface area contributed by atoms with E-state index in [0.29, 0.717) is 24.6 Å². The maximum absolute atomic E-state index is 12.9. The summed E-state index contributed by atoms with van der Waals surface area (Å²) in [4.78, 5) is 27.3. The summed E-state index contributed by atoms with van der Waals surface area (Å²) in [6.07, 6.45) is 2.88. The molecule has 1 amide bonds. The second-order valence-electron chi connectivity index (χ2n) is 10.1. The molecule has 0 unspecified atom stereocenters. The molecule has 1 atom stereocenters. The highest BCUT2D eigenvalue weighted by Crippen LogP contribution is 2.33. The first-order valence-electron chi connectivity index (χ1n) is 12.5. The van der Waals surface area contributed by atoms with Crippen molar-refractivity contribution in [2.24, 2.45) is 18.9 Å². The number of benzene rings is 2. The monoisotopic (exact) mass is 524 g/mol. The van der Waals surface area contributed by atoms with Gasteiger partial charge in [-0.3, -0.25) is 14.1 Å². The van der Waals surface area contributed by atoms with Crippen molar-refractivity contribution < 1.29 is 13.2 Å². The lowest BCUT2D eigenvalue weighted by Crippen LogP contribution is -2.31. The van der Waals surface area contributed by atoms with Crippen LogP contribution in [0.15, 0.2) is 53.3 Å². The summed E-state index contributed by atoms with van der Waals surface area (Å²) in [5, 5.41) is 4.49. The normalized spacial score (nSPS) is 17.9. The van der Waals surface area contributed by atoms with Gasteiger partial charge in [-0.25, -0.2) is 9.48 Å². The Bertz CT molecular complexity index is 1470. The van der Waals surface area contributed by atoms with Crippen molar-refractivity contribution in [2.75, 3.05) is 31.9 Å². The molecule has 0 spiro atoms. The van der Waals surface area contributed by atoms with Gasteiger partial charge in [0.05, 0.1) is 5.69 Å². The zero-order chi connectivity index (χ0) is 26.3. The number of hydrogen-bond donors (Lipinski definition) is 1. The molecule has 1 aromatic heterocycles. The summed E-state index contributed by atoms with van der Waals surface area (Å²) in [7, 11) is 0.988. The largest absolute Gasteiger partial charge is 0.345 e. The van der Waals surface area contributed by atoms with Crippen LogP contribution in [0, 0.1) is 11.8 Å². The Kier molecular flexibility index (Phi) is 6.67. The molecule has 1 aliphatic carbocycles. The molecule has 37 heavy (non-hydrogen) atoms. The molecule has 3 aromatic rings. The Morgan fingerprint density at radius 2 is 1.76 bits per heavy atom. The maximum Gasteiger partial charge on any atom is 0.345 e. The summed E-state index contributed by atoms with van der Waals surface area (Å²) in [5.41, 5.74) is 2.88. The Balaban J connectivity index is 1.34. The Morgan fingerprint density at radius 1 is 1.05 bits per heavy atom. The van der Waals surface area contributed by atoms with E-state index >= 15 is 0 Å². The Labute approximate surface area is 216 Å². The number of carbonyl (C=O) groups is 1. The molecule has 10 nitrogen and oxygen atoms in total. The van der Waals surface area contributed by atoms with E-state index in [2.05, 4.69) is 9.82 Å². The van der Waals surface area contributed by atoms with Gasteiger partial charge in [-0.1, -0.05) is 36.4 Å². The van der Waals surface area contributed by atoms with E-state index in [1.165, 1.54) is 18.8 Å². The summed E-state index contributed by atoms with van der Waals surface area (Å²) < 4.78 is 31.1. The topological polar surface area (TPSA) is 110 Å². The fraction of sp³-hybridized carbons (Fsp3) is 0.423. The van der Waals surface area contributed by atoms with Crippen molar-refractivity contribution in [1.29, 1.82) is 0 Å². The Morgan fingerprint density at radius 3 is 2.43 bits per heavy atom. The quantitative estimate of drug-likeness (QED) is 0.487. The van der Waals surface area contributed by atoms with Crippen molar-refractivity contribution in [3.05, 3.63) is 59.0 Å². The molecule has 11 heteroatoms. The van der Waals surface area contributed by atoms with Gasteiger partial charge < -0.3 is 4.90 Å². The molecule has 1 aliphatic heterocycles. The summed E-state index contributed by atoms with van der Waals surface area (Å²) in [6.45, 7) is 1.96. The molecule has 0 bridgehead atoms. The molecular weight excluding hydrogens is 492 g/mol. The van der Waals surface area contributed by atoms with Crippen molar-refractivity contribution in [3.8, 4) is 22.5 Å². The van der Waals surface area contributed by atoms with Crippen molar-refractivity contribution >= 4 is 21.8 Å². The van der Waals surface area contributed by atoms with Gasteiger partial charge in [0.25, 0.3) is 0 Å². The minimum absolute atomic E-state index is 0.174. The minimum atomic E-state index is -3.60. The van der Waals surface area contributed by atoms with Crippen LogP contribution < -0.4 is 10.4 Å². The van der Waals surface area contributed by atoms with E-state index in [-0.39, 0.29) is 23.4 Å². The highest BCUT2D eigenvalue weighted by atomic mass is 32.2. The van der Waals surface area contributed by atoms with Crippen LogP contribution >= 0.6 is 0 Å². The highest BCUT2D eigenvalue weighted by Gasteiger charge is 2.37. The van der Waals surface area contributed by atoms with Crippen LogP contribution in [0.25, 0.3) is 22.5 Å². The molecule has 2 fully saturated rings. The van der Waals surface area contributed by atoms with Gasteiger partial charge in [0.2, 0.25) is 5.91 Å². The number of rotatable bonds is 8. The van der Waals surface area contributed by atoms with Gasteiger partial charge in [-0.05, 0) is 48.4 Å². The minimum Gasteiger partial charge on any atom is -0.342 e. The van der Waals surface area contributed by atoms with Gasteiger partial charge >= 0.3 is 15.9 Å². The van der Waals surface area contributed by atoms with E-state index < -0.39 is 10.2 Å². The summed E-state index contributed by atoms with van der Waals surface area (Å²) in [6, 6.07) is 14.9. The van der Waals surface area contributed by atoms with E-state index in [4.69, 9.17) is 0 Å². The average molecular weight is 525 g/mol. The molecule has 2 aromatic carbocycles. The standard InChI is InChI=1S/C26H32N6O4S/c1-29(2)37(35,36)28-23-6-4-5-22(15-23)19-7-9-20(10-8-19)24-27-30(3)26(34)32(24)17-18-13-14-31(16-18)25(33)21-11-12-21/h4-10,15,18,21,28H,11-14,16-17H2,1-3H3/t18-/m1/s1. The van der Waals surface area contributed by atoms with Crippen LogP contribution in [0.4, 0.5) is 5.69 Å².